The van der Waals surface area contributed by atoms with Gasteiger partial charge in [-0.2, -0.15) is 0 Å². The van der Waals surface area contributed by atoms with Crippen molar-refractivity contribution >= 4 is 23.6 Å². The number of urea groups is 1. The van der Waals surface area contributed by atoms with Gasteiger partial charge in [-0.05, 0) is 31.4 Å². The first-order valence-electron chi connectivity index (χ1n) is 10.3. The number of benzene rings is 2. The summed E-state index contributed by atoms with van der Waals surface area (Å²) in [5.74, 6) is -0.724. The minimum atomic E-state index is -0.963. The second-order valence-electron chi connectivity index (χ2n) is 7.16. The van der Waals surface area contributed by atoms with E-state index >= 15 is 0 Å². The van der Waals surface area contributed by atoms with Gasteiger partial charge in [0.1, 0.15) is 0 Å². The molecule has 1 heterocycles. The van der Waals surface area contributed by atoms with Crippen molar-refractivity contribution in [2.24, 2.45) is 0 Å². The fourth-order valence-corrected chi connectivity index (χ4v) is 3.33. The van der Waals surface area contributed by atoms with Crippen LogP contribution in [0.25, 0.3) is 0 Å². The smallest absolute Gasteiger partial charge is 0.319 e. The molecule has 1 aliphatic rings. The van der Waals surface area contributed by atoms with E-state index in [0.717, 1.165) is 19.3 Å². The van der Waals surface area contributed by atoms with Crippen LogP contribution in [0.3, 0.4) is 0 Å². The average molecular weight is 409 g/mol. The van der Waals surface area contributed by atoms with E-state index in [2.05, 4.69) is 10.6 Å². The van der Waals surface area contributed by atoms with Gasteiger partial charge in [0.2, 0.25) is 6.10 Å². The van der Waals surface area contributed by atoms with Crippen molar-refractivity contribution in [1.82, 2.24) is 10.2 Å². The Morgan fingerprint density at radius 3 is 2.20 bits per heavy atom. The van der Waals surface area contributed by atoms with Crippen LogP contribution in [-0.2, 0) is 14.3 Å². The molecule has 158 valence electrons. The van der Waals surface area contributed by atoms with Crippen LogP contribution < -0.4 is 10.6 Å². The number of anilines is 1. The first-order chi connectivity index (χ1) is 14.6. The van der Waals surface area contributed by atoms with Crippen molar-refractivity contribution in [2.45, 2.75) is 31.8 Å². The van der Waals surface area contributed by atoms with Gasteiger partial charge in [-0.25, -0.2) is 4.79 Å². The molecule has 3 rings (SSSR count). The third-order valence-corrected chi connectivity index (χ3v) is 4.89. The molecule has 1 aliphatic heterocycles. The lowest BCUT2D eigenvalue weighted by atomic mass is 10.1. The molecule has 7 nitrogen and oxygen atoms in total. The third kappa shape index (κ3) is 6.34. The number of carbonyl (C=O) groups is 3. The number of hydrogen-bond donors (Lipinski definition) is 2. The predicted octanol–water partition coefficient (Wildman–Crippen LogP) is 3.50. The maximum Gasteiger partial charge on any atom is 0.319 e. The van der Waals surface area contributed by atoms with Crippen LogP contribution in [0.4, 0.5) is 10.5 Å². The monoisotopic (exact) mass is 409 g/mol. The average Bonchev–Trinajstić information content (AvgIpc) is 2.79. The third-order valence-electron chi connectivity index (χ3n) is 4.89. The zero-order chi connectivity index (χ0) is 21.2. The summed E-state index contributed by atoms with van der Waals surface area (Å²) in [5.41, 5.74) is 1.31. The standard InChI is InChI=1S/C23H27N3O4/c27-20(14-15-24-23(29)25-19-12-6-2-7-13-19)30-21(18-10-4-1-5-11-18)22(28)26-16-8-3-9-17-26/h1-2,4-7,10-13,21H,3,8-9,14-17H2,(H2,24,25,29)/t21-/m0/s1. The largest absolute Gasteiger partial charge is 0.447 e. The Morgan fingerprint density at radius 1 is 0.900 bits per heavy atom. The van der Waals surface area contributed by atoms with Gasteiger partial charge in [-0.3, -0.25) is 9.59 Å². The molecule has 0 spiro atoms. The van der Waals surface area contributed by atoms with E-state index in [4.69, 9.17) is 4.74 Å². The van der Waals surface area contributed by atoms with Crippen LogP contribution in [0.1, 0.15) is 37.4 Å². The van der Waals surface area contributed by atoms with Crippen molar-refractivity contribution in [1.29, 1.82) is 0 Å². The Bertz CT molecular complexity index is 836. The summed E-state index contributed by atoms with van der Waals surface area (Å²) in [7, 11) is 0. The normalized spacial score (nSPS) is 14.5. The number of nitrogens with one attached hydrogen (secondary N) is 2. The molecular weight excluding hydrogens is 382 g/mol. The molecular formula is C23H27N3O4. The quantitative estimate of drug-likeness (QED) is 0.685. The molecule has 0 unspecified atom stereocenters. The van der Waals surface area contributed by atoms with Gasteiger partial charge in [-0.15, -0.1) is 0 Å². The van der Waals surface area contributed by atoms with Gasteiger partial charge in [0, 0.05) is 30.9 Å². The Hall–Kier alpha value is -3.35. The molecule has 1 atom stereocenters. The molecule has 0 aliphatic carbocycles. The summed E-state index contributed by atoms with van der Waals surface area (Å²) >= 11 is 0. The summed E-state index contributed by atoms with van der Waals surface area (Å²) in [6, 6.07) is 17.7. The van der Waals surface area contributed by atoms with Crippen LogP contribution >= 0.6 is 0 Å². The van der Waals surface area contributed by atoms with E-state index in [1.807, 2.05) is 36.4 Å². The van der Waals surface area contributed by atoms with Crippen molar-refractivity contribution < 1.29 is 19.1 Å². The van der Waals surface area contributed by atoms with Crippen molar-refractivity contribution in [3.8, 4) is 0 Å². The summed E-state index contributed by atoms with van der Waals surface area (Å²) < 4.78 is 5.55. The second-order valence-corrected chi connectivity index (χ2v) is 7.16. The van der Waals surface area contributed by atoms with Gasteiger partial charge in [0.25, 0.3) is 5.91 Å². The van der Waals surface area contributed by atoms with E-state index in [0.29, 0.717) is 24.3 Å². The zero-order valence-electron chi connectivity index (χ0n) is 16.9. The molecule has 0 saturated carbocycles. The van der Waals surface area contributed by atoms with Crippen LogP contribution in [0.5, 0.6) is 0 Å². The molecule has 0 aromatic heterocycles. The van der Waals surface area contributed by atoms with Gasteiger partial charge < -0.3 is 20.3 Å². The molecule has 1 fully saturated rings. The maximum atomic E-state index is 13.0. The van der Waals surface area contributed by atoms with Crippen molar-refractivity contribution in [3.05, 3.63) is 66.2 Å². The highest BCUT2D eigenvalue weighted by molar-refractivity contribution is 5.89. The second kappa shape index (κ2) is 11.0. The van der Waals surface area contributed by atoms with Crippen molar-refractivity contribution in [2.75, 3.05) is 25.0 Å². The highest BCUT2D eigenvalue weighted by Gasteiger charge is 2.30. The molecule has 2 aromatic carbocycles. The van der Waals surface area contributed by atoms with Crippen LogP contribution in [0, 0.1) is 0 Å². The van der Waals surface area contributed by atoms with E-state index in [1.54, 1.807) is 29.2 Å². The Balaban J connectivity index is 1.52. The molecule has 0 radical (unpaired) electrons. The number of esters is 1. The van der Waals surface area contributed by atoms with Crippen LogP contribution in [0.2, 0.25) is 0 Å². The number of amides is 3. The number of rotatable bonds is 7. The minimum absolute atomic E-state index is 0.0289. The van der Waals surface area contributed by atoms with Gasteiger partial charge >= 0.3 is 12.0 Å². The number of piperidine rings is 1. The van der Waals surface area contributed by atoms with E-state index < -0.39 is 18.1 Å². The number of hydrogen-bond acceptors (Lipinski definition) is 4. The number of para-hydroxylation sites is 1. The maximum absolute atomic E-state index is 13.0. The summed E-state index contributed by atoms with van der Waals surface area (Å²) in [6.45, 7) is 1.47. The lowest BCUT2D eigenvalue weighted by Crippen LogP contribution is -2.40. The highest BCUT2D eigenvalue weighted by atomic mass is 16.5. The molecule has 3 amide bonds. The van der Waals surface area contributed by atoms with Gasteiger partial charge in [-0.1, -0.05) is 48.5 Å². The molecule has 1 saturated heterocycles. The Labute approximate surface area is 176 Å². The molecule has 2 N–H and O–H groups in total. The first-order valence-corrected chi connectivity index (χ1v) is 10.3. The lowest BCUT2D eigenvalue weighted by molar-refractivity contribution is -0.161. The fraction of sp³-hybridized carbons (Fsp3) is 0.348. The highest BCUT2D eigenvalue weighted by Crippen LogP contribution is 2.23. The van der Waals surface area contributed by atoms with Crippen molar-refractivity contribution in [3.63, 3.8) is 0 Å². The van der Waals surface area contributed by atoms with E-state index in [1.165, 1.54) is 0 Å². The van der Waals surface area contributed by atoms with E-state index in [9.17, 15) is 14.4 Å². The summed E-state index contributed by atoms with van der Waals surface area (Å²) in [6.07, 6.45) is 2.04. The fourth-order valence-electron chi connectivity index (χ4n) is 3.33. The number of nitrogens with zero attached hydrogens (tertiary/aromatic N) is 1. The zero-order valence-corrected chi connectivity index (χ0v) is 16.9. The summed E-state index contributed by atoms with van der Waals surface area (Å²) in [5, 5.41) is 5.30. The minimum Gasteiger partial charge on any atom is -0.447 e. The molecule has 30 heavy (non-hydrogen) atoms. The Kier molecular flexibility index (Phi) is 7.83. The van der Waals surface area contributed by atoms with Crippen LogP contribution in [-0.4, -0.2) is 42.4 Å². The number of ether oxygens (including phenoxy) is 1. The summed E-state index contributed by atoms with van der Waals surface area (Å²) in [4.78, 5) is 39.1. The van der Waals surface area contributed by atoms with Crippen LogP contribution in [0.15, 0.2) is 60.7 Å². The topological polar surface area (TPSA) is 87.7 Å². The van der Waals surface area contributed by atoms with E-state index in [-0.39, 0.29) is 18.9 Å². The van der Waals surface area contributed by atoms with Gasteiger partial charge in [0.15, 0.2) is 0 Å². The predicted molar refractivity (Wildman–Crippen MR) is 114 cm³/mol. The Morgan fingerprint density at radius 2 is 1.53 bits per heavy atom. The van der Waals surface area contributed by atoms with Gasteiger partial charge in [0.05, 0.1) is 6.42 Å². The lowest BCUT2D eigenvalue weighted by Gasteiger charge is -2.30. The molecule has 0 bridgehead atoms. The molecule has 2 aromatic rings. The first kappa shape index (κ1) is 21.4. The SMILES string of the molecule is O=C(NCCC(=O)O[C@H](C(=O)N1CCCCC1)c1ccccc1)Nc1ccccc1. The molecule has 7 heteroatoms. The number of carbonyl (C=O) groups excluding carboxylic acids is 3. The number of likely N-dealkylation sites (tertiary alicyclic amines) is 1.